The molecular weight excluding hydrogens is 416 g/mol. The molecule has 2 N–H and O–H groups in total. The van der Waals surface area contributed by atoms with E-state index in [1.54, 1.807) is 6.92 Å². The topological polar surface area (TPSA) is 80.0 Å². The van der Waals surface area contributed by atoms with E-state index in [0.717, 1.165) is 10.6 Å². The third-order valence-electron chi connectivity index (χ3n) is 5.71. The fourth-order valence-electron chi connectivity index (χ4n) is 3.78. The van der Waals surface area contributed by atoms with Gasteiger partial charge in [-0.25, -0.2) is 27.5 Å². The summed E-state index contributed by atoms with van der Waals surface area (Å²) in [4.78, 5) is 20.9. The number of rotatable bonds is 6. The van der Waals surface area contributed by atoms with Gasteiger partial charge in [-0.1, -0.05) is 18.2 Å². The van der Waals surface area contributed by atoms with Crippen molar-refractivity contribution in [3.8, 4) is 0 Å². The van der Waals surface area contributed by atoms with Crippen molar-refractivity contribution in [3.05, 3.63) is 63.3 Å². The Kier molecular flexibility index (Phi) is 5.20. The van der Waals surface area contributed by atoms with Gasteiger partial charge in [0, 0.05) is 23.4 Å². The van der Waals surface area contributed by atoms with E-state index in [0.29, 0.717) is 0 Å². The van der Waals surface area contributed by atoms with Crippen LogP contribution in [0.4, 0.5) is 23.4 Å². The van der Waals surface area contributed by atoms with Crippen molar-refractivity contribution < 1.29 is 22.7 Å². The summed E-state index contributed by atoms with van der Waals surface area (Å²) in [6.45, 7) is 3.05. The van der Waals surface area contributed by atoms with Crippen molar-refractivity contribution in [2.45, 2.75) is 51.3 Å². The number of aliphatic hydroxyl groups excluding tert-OH is 1. The Morgan fingerprint density at radius 1 is 1.13 bits per heavy atom. The van der Waals surface area contributed by atoms with Gasteiger partial charge >= 0.3 is 0 Å². The number of hydrogen-bond acceptors (Lipinski definition) is 5. The van der Waals surface area contributed by atoms with Crippen LogP contribution in [0, 0.1) is 13.8 Å². The molecule has 4 rings (SSSR count). The molecule has 1 aromatic carbocycles. The Morgan fingerprint density at radius 2 is 1.81 bits per heavy atom. The summed E-state index contributed by atoms with van der Waals surface area (Å²) < 4.78 is 54.6. The molecule has 1 atom stereocenters. The zero-order valence-corrected chi connectivity index (χ0v) is 16.7. The summed E-state index contributed by atoms with van der Waals surface area (Å²) in [5.41, 5.74) is -1.68. The number of fused-ring (bicyclic) bond motifs is 1. The van der Waals surface area contributed by atoms with E-state index in [1.807, 2.05) is 0 Å². The lowest BCUT2D eigenvalue weighted by atomic mass is 10.0. The maximum atomic E-state index is 13.6. The van der Waals surface area contributed by atoms with Crippen LogP contribution in [0.3, 0.4) is 0 Å². The monoisotopic (exact) mass is 436 g/mol. The molecule has 0 aliphatic heterocycles. The van der Waals surface area contributed by atoms with E-state index in [1.165, 1.54) is 31.3 Å². The van der Waals surface area contributed by atoms with E-state index in [4.69, 9.17) is 0 Å². The Labute approximate surface area is 174 Å². The number of hydrogen-bond donors (Lipinski definition) is 2. The third-order valence-corrected chi connectivity index (χ3v) is 5.71. The van der Waals surface area contributed by atoms with Crippen molar-refractivity contribution in [1.82, 2.24) is 14.5 Å². The van der Waals surface area contributed by atoms with Crippen LogP contribution in [0.5, 0.6) is 0 Å². The lowest BCUT2D eigenvalue weighted by Crippen LogP contribution is -2.35. The molecule has 1 saturated carbocycles. The van der Waals surface area contributed by atoms with Gasteiger partial charge in [0.2, 0.25) is 0 Å². The Morgan fingerprint density at radius 3 is 2.42 bits per heavy atom. The quantitative estimate of drug-likeness (QED) is 0.447. The van der Waals surface area contributed by atoms with Crippen LogP contribution in [0.15, 0.2) is 35.3 Å². The number of pyridine rings is 1. The lowest BCUT2D eigenvalue weighted by molar-refractivity contribution is 0.0654. The molecule has 0 bridgehead atoms. The van der Waals surface area contributed by atoms with E-state index in [-0.39, 0.29) is 52.1 Å². The number of aliphatic hydroxyl groups is 1. The first-order valence-corrected chi connectivity index (χ1v) is 9.66. The SMILES string of the molecule is Cc1nc(N[C@H](O)c2cccc(C(F)F)c2C)c2cn(C3(C(F)F)CC3)c(=O)cc2n1. The standard InChI is InChI=1S/C21H20F4N4O2/c1-10-12(17(22)23)4-3-5-13(10)19(31)28-18-14-9-29(21(6-7-21)20(24)25)16(30)8-15(14)26-11(2)27-18/h3-5,8-9,17,19-20,31H,6-7H2,1-2H3,(H,26,27,28)/t19-/m1/s1. The van der Waals surface area contributed by atoms with Crippen molar-refractivity contribution in [3.63, 3.8) is 0 Å². The van der Waals surface area contributed by atoms with Crippen LogP contribution < -0.4 is 10.9 Å². The number of aromatic nitrogens is 3. The fourth-order valence-corrected chi connectivity index (χ4v) is 3.78. The number of benzene rings is 1. The number of nitrogens with zero attached hydrogens (tertiary/aromatic N) is 3. The number of aryl methyl sites for hydroxylation is 1. The summed E-state index contributed by atoms with van der Waals surface area (Å²) in [6, 6.07) is 5.35. The zero-order chi connectivity index (χ0) is 22.5. The average Bonchev–Trinajstić information content (AvgIpc) is 3.49. The highest BCUT2D eigenvalue weighted by atomic mass is 19.3. The van der Waals surface area contributed by atoms with Crippen LogP contribution in [0.1, 0.15) is 48.0 Å². The first-order valence-electron chi connectivity index (χ1n) is 9.66. The highest BCUT2D eigenvalue weighted by molar-refractivity contribution is 5.88. The largest absolute Gasteiger partial charge is 0.369 e. The minimum absolute atomic E-state index is 0.107. The van der Waals surface area contributed by atoms with Crippen LogP contribution >= 0.6 is 0 Å². The lowest BCUT2D eigenvalue weighted by Gasteiger charge is -2.21. The predicted molar refractivity (Wildman–Crippen MR) is 106 cm³/mol. The molecule has 1 aliphatic carbocycles. The summed E-state index contributed by atoms with van der Waals surface area (Å²) in [5.74, 6) is 0.392. The summed E-state index contributed by atoms with van der Waals surface area (Å²) in [5, 5.41) is 13.7. The second-order valence-electron chi connectivity index (χ2n) is 7.71. The van der Waals surface area contributed by atoms with Crippen LogP contribution in [0.25, 0.3) is 10.9 Å². The van der Waals surface area contributed by atoms with Crippen molar-refractivity contribution in [1.29, 1.82) is 0 Å². The first kappa shape index (κ1) is 21.2. The molecule has 0 spiro atoms. The summed E-state index contributed by atoms with van der Waals surface area (Å²) in [7, 11) is 0. The Hall–Kier alpha value is -3.01. The predicted octanol–water partition coefficient (Wildman–Crippen LogP) is 4.20. The van der Waals surface area contributed by atoms with Gasteiger partial charge in [0.1, 0.15) is 17.2 Å². The van der Waals surface area contributed by atoms with Gasteiger partial charge in [-0.05, 0) is 32.3 Å². The average molecular weight is 436 g/mol. The molecular formula is C21H20F4N4O2. The normalized spacial score (nSPS) is 16.2. The molecule has 164 valence electrons. The molecule has 0 saturated heterocycles. The van der Waals surface area contributed by atoms with E-state index in [9.17, 15) is 27.5 Å². The molecule has 0 radical (unpaired) electrons. The highest BCUT2D eigenvalue weighted by Crippen LogP contribution is 2.48. The van der Waals surface area contributed by atoms with Gasteiger partial charge in [-0.3, -0.25) is 4.79 Å². The number of nitrogens with one attached hydrogen (secondary N) is 1. The van der Waals surface area contributed by atoms with E-state index in [2.05, 4.69) is 15.3 Å². The molecule has 3 aromatic rings. The molecule has 2 heterocycles. The zero-order valence-electron chi connectivity index (χ0n) is 16.7. The summed E-state index contributed by atoms with van der Waals surface area (Å²) >= 11 is 0. The smallest absolute Gasteiger partial charge is 0.264 e. The van der Waals surface area contributed by atoms with Crippen molar-refractivity contribution >= 4 is 16.7 Å². The molecule has 6 nitrogen and oxygen atoms in total. The van der Waals surface area contributed by atoms with E-state index < -0.39 is 30.2 Å². The third kappa shape index (κ3) is 3.65. The molecule has 0 amide bonds. The highest BCUT2D eigenvalue weighted by Gasteiger charge is 2.53. The molecule has 31 heavy (non-hydrogen) atoms. The van der Waals surface area contributed by atoms with Crippen LogP contribution in [-0.4, -0.2) is 26.1 Å². The van der Waals surface area contributed by atoms with Crippen LogP contribution in [0.2, 0.25) is 0 Å². The molecule has 1 fully saturated rings. The van der Waals surface area contributed by atoms with Crippen molar-refractivity contribution in [2.24, 2.45) is 0 Å². The minimum atomic E-state index is -2.71. The van der Waals surface area contributed by atoms with Gasteiger partial charge in [0.25, 0.3) is 18.4 Å². The first-order chi connectivity index (χ1) is 14.6. The minimum Gasteiger partial charge on any atom is -0.369 e. The van der Waals surface area contributed by atoms with Gasteiger partial charge in [0.05, 0.1) is 10.9 Å². The Balaban J connectivity index is 1.79. The maximum absolute atomic E-state index is 13.6. The second kappa shape index (κ2) is 7.60. The fraction of sp³-hybridized carbons (Fsp3) is 0.381. The van der Waals surface area contributed by atoms with Crippen molar-refractivity contribution in [2.75, 3.05) is 5.32 Å². The van der Waals surface area contributed by atoms with Crippen LogP contribution in [-0.2, 0) is 5.54 Å². The number of alkyl halides is 4. The summed E-state index contributed by atoms with van der Waals surface area (Å²) in [6.07, 6.45) is -5.19. The Bertz CT molecular complexity index is 1210. The number of halogens is 4. The molecule has 1 aliphatic rings. The molecule has 10 heteroatoms. The van der Waals surface area contributed by atoms with Gasteiger partial charge in [0.15, 0.2) is 6.23 Å². The molecule has 2 aromatic heterocycles. The second-order valence-corrected chi connectivity index (χ2v) is 7.71. The van der Waals surface area contributed by atoms with Gasteiger partial charge < -0.3 is 15.0 Å². The van der Waals surface area contributed by atoms with Gasteiger partial charge in [-0.2, -0.15) is 0 Å². The molecule has 0 unspecified atom stereocenters. The maximum Gasteiger partial charge on any atom is 0.264 e. The van der Waals surface area contributed by atoms with Gasteiger partial charge in [-0.15, -0.1) is 0 Å². The van der Waals surface area contributed by atoms with E-state index >= 15 is 0 Å². The number of anilines is 1.